The molecule has 0 aliphatic heterocycles. The van der Waals surface area contributed by atoms with Crippen molar-refractivity contribution in [2.45, 2.75) is 50.7 Å². The molecule has 2 aliphatic carbocycles. The molecule has 5 heteroatoms. The van der Waals surface area contributed by atoms with E-state index in [2.05, 4.69) is 46.9 Å². The van der Waals surface area contributed by atoms with Crippen LogP contribution in [-0.4, -0.2) is 34.9 Å². The maximum absolute atomic E-state index is 10.9. The molecular formula is C14H26IN2OP. The van der Waals surface area contributed by atoms with E-state index in [0.717, 1.165) is 25.2 Å². The minimum absolute atomic E-state index is 0.0290. The van der Waals surface area contributed by atoms with Crippen LogP contribution in [0, 0.1) is 16.2 Å². The summed E-state index contributed by atoms with van der Waals surface area (Å²) < 4.78 is 1.13. The molecule has 0 heterocycles. The van der Waals surface area contributed by atoms with Gasteiger partial charge in [0, 0.05) is 4.43 Å². The number of alkyl halides is 1. The van der Waals surface area contributed by atoms with Crippen LogP contribution in [0.1, 0.15) is 39.5 Å². The van der Waals surface area contributed by atoms with Crippen molar-refractivity contribution in [2.24, 2.45) is 16.5 Å². The molecule has 4 unspecified atom stereocenters. The average molecular weight is 396 g/mol. The van der Waals surface area contributed by atoms with Crippen LogP contribution < -0.4 is 5.32 Å². The molecule has 0 aromatic heterocycles. The summed E-state index contributed by atoms with van der Waals surface area (Å²) in [6, 6.07) is 0. The van der Waals surface area contributed by atoms with E-state index in [1.165, 1.54) is 31.8 Å². The number of halogens is 1. The van der Waals surface area contributed by atoms with Crippen molar-refractivity contribution >= 4 is 31.2 Å². The Morgan fingerprint density at radius 3 is 2.74 bits per heavy atom. The zero-order valence-electron chi connectivity index (χ0n) is 12.0. The fourth-order valence-electron chi connectivity index (χ4n) is 3.76. The quantitative estimate of drug-likeness (QED) is 0.279. The molecule has 0 aromatic carbocycles. The van der Waals surface area contributed by atoms with E-state index in [1.54, 1.807) is 0 Å². The number of likely N-dealkylation sites (N-methyl/N-ethyl adjacent to an activating group) is 1. The van der Waals surface area contributed by atoms with Crippen LogP contribution >= 0.6 is 31.2 Å². The Morgan fingerprint density at radius 2 is 2.21 bits per heavy atom. The predicted molar refractivity (Wildman–Crippen MR) is 93.0 cm³/mol. The van der Waals surface area contributed by atoms with Crippen molar-refractivity contribution < 1.29 is 0 Å². The zero-order chi connectivity index (χ0) is 13.9. The number of rotatable bonds is 9. The topological polar surface area (TPSA) is 41.5 Å². The summed E-state index contributed by atoms with van der Waals surface area (Å²) in [6.07, 6.45) is 6.78. The van der Waals surface area contributed by atoms with Crippen LogP contribution in [0.2, 0.25) is 0 Å². The van der Waals surface area contributed by atoms with Crippen molar-refractivity contribution in [1.82, 2.24) is 5.32 Å². The fraction of sp³-hybridized carbons (Fsp3) is 1.00. The average Bonchev–Trinajstić information content (AvgIpc) is 3.19. The van der Waals surface area contributed by atoms with Gasteiger partial charge < -0.3 is 5.32 Å². The molecule has 0 bridgehead atoms. The third kappa shape index (κ3) is 3.16. The van der Waals surface area contributed by atoms with Crippen LogP contribution in [-0.2, 0) is 0 Å². The van der Waals surface area contributed by atoms with E-state index in [1.807, 2.05) is 0 Å². The summed E-state index contributed by atoms with van der Waals surface area (Å²) >= 11 is 2.46. The van der Waals surface area contributed by atoms with Gasteiger partial charge in [-0.25, -0.2) is 0 Å². The van der Waals surface area contributed by atoms with Crippen LogP contribution in [0.15, 0.2) is 5.18 Å². The van der Waals surface area contributed by atoms with Gasteiger partial charge in [0.15, 0.2) is 0 Å². The highest BCUT2D eigenvalue weighted by molar-refractivity contribution is 14.1. The monoisotopic (exact) mass is 396 g/mol. The Kier molecular flexibility index (Phi) is 5.64. The van der Waals surface area contributed by atoms with Crippen molar-refractivity contribution in [1.29, 1.82) is 0 Å². The maximum Gasteiger partial charge on any atom is 0.100 e. The first kappa shape index (κ1) is 16.1. The Bertz CT molecular complexity index is 327. The number of hydrogen-bond donors (Lipinski definition) is 1. The Hall–Kier alpha value is 0.720. The largest absolute Gasteiger partial charge is 0.309 e. The van der Waals surface area contributed by atoms with Gasteiger partial charge in [0.2, 0.25) is 0 Å². The molecule has 0 radical (unpaired) electrons. The van der Waals surface area contributed by atoms with Gasteiger partial charge >= 0.3 is 0 Å². The zero-order valence-corrected chi connectivity index (χ0v) is 15.2. The van der Waals surface area contributed by atoms with Gasteiger partial charge in [0.05, 0.1) is 5.54 Å². The molecule has 0 spiro atoms. The van der Waals surface area contributed by atoms with Crippen LogP contribution in [0.4, 0.5) is 0 Å². The molecule has 2 saturated carbocycles. The highest BCUT2D eigenvalue weighted by atomic mass is 127. The van der Waals surface area contributed by atoms with E-state index in [-0.39, 0.29) is 11.0 Å². The summed E-state index contributed by atoms with van der Waals surface area (Å²) in [4.78, 5) is 10.9. The first-order valence-electron chi connectivity index (χ1n) is 7.45. The third-order valence-corrected chi connectivity index (χ3v) is 7.91. The van der Waals surface area contributed by atoms with Crippen molar-refractivity contribution in [3.8, 4) is 0 Å². The van der Waals surface area contributed by atoms with Crippen LogP contribution in [0.3, 0.4) is 0 Å². The second-order valence-corrected chi connectivity index (χ2v) is 8.99. The van der Waals surface area contributed by atoms with E-state index in [0.29, 0.717) is 12.5 Å². The Morgan fingerprint density at radius 1 is 1.47 bits per heavy atom. The van der Waals surface area contributed by atoms with E-state index >= 15 is 0 Å². The van der Waals surface area contributed by atoms with Gasteiger partial charge in [-0.3, -0.25) is 0 Å². The van der Waals surface area contributed by atoms with E-state index < -0.39 is 0 Å². The highest BCUT2D eigenvalue weighted by Crippen LogP contribution is 2.58. The van der Waals surface area contributed by atoms with Gasteiger partial charge in [-0.1, -0.05) is 41.6 Å². The molecule has 1 N–H and O–H groups in total. The van der Waals surface area contributed by atoms with E-state index in [4.69, 9.17) is 0 Å². The lowest BCUT2D eigenvalue weighted by atomic mass is 9.48. The third-order valence-electron chi connectivity index (χ3n) is 5.15. The van der Waals surface area contributed by atoms with Gasteiger partial charge in [-0.15, -0.1) is 8.58 Å². The summed E-state index contributed by atoms with van der Waals surface area (Å²) in [6.45, 7) is 5.89. The lowest BCUT2D eigenvalue weighted by Crippen LogP contribution is -2.72. The Labute approximate surface area is 132 Å². The molecule has 3 nitrogen and oxygen atoms in total. The SMILES string of the molecule is CCNC1(CN=O)C(CI)CC1(C)CCPC1CC1. The lowest BCUT2D eigenvalue weighted by molar-refractivity contribution is -0.0669. The summed E-state index contributed by atoms with van der Waals surface area (Å²) in [7, 11) is 1.14. The molecule has 0 saturated heterocycles. The summed E-state index contributed by atoms with van der Waals surface area (Å²) in [5, 5.41) is 6.93. The number of nitrogens with one attached hydrogen (secondary N) is 1. The second kappa shape index (κ2) is 6.65. The normalized spacial score (nSPS) is 38.6. The number of nitrogens with zero attached hydrogens (tertiary/aromatic N) is 1. The number of hydrogen-bond acceptors (Lipinski definition) is 3. The van der Waals surface area contributed by atoms with Gasteiger partial charge in [-0.05, 0) is 55.4 Å². The van der Waals surface area contributed by atoms with Gasteiger partial charge in [0.25, 0.3) is 0 Å². The number of nitroso groups, excluding NO2 is 1. The van der Waals surface area contributed by atoms with Crippen molar-refractivity contribution in [3.63, 3.8) is 0 Å². The standard InChI is InChI=1S/C14H26IN2OP/c1-3-16-14(10-17-18)11(9-15)8-13(14,2)6-7-19-12-4-5-12/h11-12,16,19H,3-10H2,1-2H3. The smallest absolute Gasteiger partial charge is 0.100 e. The lowest BCUT2D eigenvalue weighted by Gasteiger charge is -2.63. The molecule has 2 aliphatic rings. The molecule has 4 atom stereocenters. The first-order valence-corrected chi connectivity index (χ1v) is 10.3. The minimum Gasteiger partial charge on any atom is -0.309 e. The van der Waals surface area contributed by atoms with Crippen LogP contribution in [0.25, 0.3) is 0 Å². The molecule has 2 fully saturated rings. The second-order valence-electron chi connectivity index (χ2n) is 6.38. The molecule has 0 aromatic rings. The van der Waals surface area contributed by atoms with Gasteiger partial charge in [-0.2, -0.15) is 4.91 Å². The molecular weight excluding hydrogens is 370 g/mol. The van der Waals surface area contributed by atoms with Gasteiger partial charge in [0.1, 0.15) is 6.54 Å². The maximum atomic E-state index is 10.9. The molecule has 0 amide bonds. The molecule has 19 heavy (non-hydrogen) atoms. The summed E-state index contributed by atoms with van der Waals surface area (Å²) in [5.74, 6) is 0.611. The molecule has 110 valence electrons. The van der Waals surface area contributed by atoms with Crippen molar-refractivity contribution in [3.05, 3.63) is 4.91 Å². The molecule has 2 rings (SSSR count). The Balaban J connectivity index is 2.00. The fourth-order valence-corrected chi connectivity index (χ4v) is 6.51. The van der Waals surface area contributed by atoms with E-state index in [9.17, 15) is 4.91 Å². The van der Waals surface area contributed by atoms with Crippen molar-refractivity contribution in [2.75, 3.05) is 23.7 Å². The summed E-state index contributed by atoms with van der Waals surface area (Å²) in [5.41, 5.74) is 1.29. The van der Waals surface area contributed by atoms with Crippen LogP contribution in [0.5, 0.6) is 0 Å². The predicted octanol–water partition coefficient (Wildman–Crippen LogP) is 3.79. The minimum atomic E-state index is -0.0290. The highest BCUT2D eigenvalue weighted by Gasteiger charge is 2.61. The first-order chi connectivity index (χ1) is 9.12.